The number of nitrogens with zero attached hydrogens (tertiary/aromatic N) is 2. The van der Waals surface area contributed by atoms with Crippen LogP contribution in [-0.2, 0) is 11.2 Å². The molecule has 0 aromatic heterocycles. The molecule has 0 saturated carbocycles. The van der Waals surface area contributed by atoms with Gasteiger partial charge in [-0.05, 0) is 32.3 Å². The topological polar surface area (TPSA) is 15.7 Å². The van der Waals surface area contributed by atoms with Gasteiger partial charge in [-0.1, -0.05) is 30.3 Å². The summed E-state index contributed by atoms with van der Waals surface area (Å²) in [7, 11) is 0. The van der Waals surface area contributed by atoms with Crippen LogP contribution < -0.4 is 0 Å². The molecule has 3 nitrogen and oxygen atoms in total. The zero-order valence-corrected chi connectivity index (χ0v) is 13.6. The molecule has 21 heavy (non-hydrogen) atoms. The first-order valence-corrected chi connectivity index (χ1v) is 8.37. The summed E-state index contributed by atoms with van der Waals surface area (Å²) in [6, 6.07) is 11.5. The van der Waals surface area contributed by atoms with Crippen molar-refractivity contribution in [2.75, 3.05) is 45.9 Å². The second kappa shape index (κ2) is 9.19. The van der Waals surface area contributed by atoms with E-state index in [4.69, 9.17) is 4.74 Å². The summed E-state index contributed by atoms with van der Waals surface area (Å²) in [4.78, 5) is 5.16. The van der Waals surface area contributed by atoms with E-state index in [0.29, 0.717) is 6.04 Å². The average Bonchev–Trinajstić information content (AvgIpc) is 2.54. The molecule has 1 aromatic rings. The average molecular weight is 290 g/mol. The summed E-state index contributed by atoms with van der Waals surface area (Å²) in [5.41, 5.74) is 1.46. The van der Waals surface area contributed by atoms with Gasteiger partial charge < -0.3 is 4.74 Å². The number of hydrogen-bond donors (Lipinski definition) is 0. The highest BCUT2D eigenvalue weighted by atomic mass is 16.5. The lowest BCUT2D eigenvalue weighted by molar-refractivity contribution is 0.0661. The van der Waals surface area contributed by atoms with Crippen molar-refractivity contribution < 1.29 is 4.74 Å². The summed E-state index contributed by atoms with van der Waals surface area (Å²) in [5.74, 6) is 0. The maximum absolute atomic E-state index is 5.44. The quantitative estimate of drug-likeness (QED) is 0.685. The number of benzene rings is 1. The number of hydrogen-bond acceptors (Lipinski definition) is 3. The monoisotopic (exact) mass is 290 g/mol. The SMILES string of the molecule is CCOCCN1CCN([C@H](C)CCc2ccccc2)CC1. The lowest BCUT2D eigenvalue weighted by Crippen LogP contribution is -2.50. The molecule has 0 spiro atoms. The first kappa shape index (κ1) is 16.5. The van der Waals surface area contributed by atoms with Gasteiger partial charge in [-0.2, -0.15) is 0 Å². The first-order valence-electron chi connectivity index (χ1n) is 8.37. The minimum atomic E-state index is 0.680. The fourth-order valence-corrected chi connectivity index (χ4v) is 2.97. The second-order valence-electron chi connectivity index (χ2n) is 5.95. The molecule has 0 bridgehead atoms. The van der Waals surface area contributed by atoms with Crippen LogP contribution in [0.15, 0.2) is 30.3 Å². The highest BCUT2D eigenvalue weighted by Gasteiger charge is 2.20. The molecule has 1 saturated heterocycles. The molecule has 2 rings (SSSR count). The fourth-order valence-electron chi connectivity index (χ4n) is 2.97. The summed E-state index contributed by atoms with van der Waals surface area (Å²) >= 11 is 0. The number of ether oxygens (including phenoxy) is 1. The third kappa shape index (κ3) is 5.77. The van der Waals surface area contributed by atoms with Crippen LogP contribution in [0.25, 0.3) is 0 Å². The van der Waals surface area contributed by atoms with Crippen LogP contribution in [0.5, 0.6) is 0 Å². The first-order chi connectivity index (χ1) is 10.3. The molecule has 0 N–H and O–H groups in total. The lowest BCUT2D eigenvalue weighted by Gasteiger charge is -2.38. The van der Waals surface area contributed by atoms with Crippen molar-refractivity contribution in [2.24, 2.45) is 0 Å². The standard InChI is InChI=1S/C18H30N2O/c1-3-21-16-15-19-11-13-20(14-12-19)17(2)9-10-18-7-5-4-6-8-18/h4-8,17H,3,9-16H2,1-2H3/t17-/m1/s1. The molecule has 0 radical (unpaired) electrons. The Bertz CT molecular complexity index is 374. The van der Waals surface area contributed by atoms with E-state index in [9.17, 15) is 0 Å². The van der Waals surface area contributed by atoms with Gasteiger partial charge in [0.2, 0.25) is 0 Å². The smallest absolute Gasteiger partial charge is 0.0593 e. The summed E-state index contributed by atoms with van der Waals surface area (Å²) in [6.45, 7) is 12.0. The predicted molar refractivity (Wildman–Crippen MR) is 88.7 cm³/mol. The van der Waals surface area contributed by atoms with Crippen LogP contribution in [0.4, 0.5) is 0 Å². The van der Waals surface area contributed by atoms with Gasteiger partial charge >= 0.3 is 0 Å². The number of rotatable bonds is 8. The van der Waals surface area contributed by atoms with Crippen molar-refractivity contribution in [1.29, 1.82) is 0 Å². The van der Waals surface area contributed by atoms with Crippen LogP contribution in [0.2, 0.25) is 0 Å². The van der Waals surface area contributed by atoms with Crippen LogP contribution in [0.1, 0.15) is 25.8 Å². The van der Waals surface area contributed by atoms with Crippen molar-refractivity contribution in [3.8, 4) is 0 Å². The predicted octanol–water partition coefficient (Wildman–Crippen LogP) is 2.66. The van der Waals surface area contributed by atoms with E-state index in [2.05, 4.69) is 54.0 Å². The minimum absolute atomic E-state index is 0.680. The van der Waals surface area contributed by atoms with Gasteiger partial charge in [0.25, 0.3) is 0 Å². The number of piperazine rings is 1. The van der Waals surface area contributed by atoms with Crippen molar-refractivity contribution in [3.63, 3.8) is 0 Å². The molecule has 0 aliphatic carbocycles. The molecule has 118 valence electrons. The fraction of sp³-hybridized carbons (Fsp3) is 0.667. The van der Waals surface area contributed by atoms with Crippen molar-refractivity contribution in [2.45, 2.75) is 32.7 Å². The van der Waals surface area contributed by atoms with Crippen LogP contribution in [0, 0.1) is 0 Å². The van der Waals surface area contributed by atoms with E-state index in [1.807, 2.05) is 0 Å². The van der Waals surface area contributed by atoms with Gasteiger partial charge in [-0.15, -0.1) is 0 Å². The van der Waals surface area contributed by atoms with Gasteiger partial charge in [0.1, 0.15) is 0 Å². The molecule has 1 aromatic carbocycles. The van der Waals surface area contributed by atoms with Gasteiger partial charge in [0.15, 0.2) is 0 Å². The zero-order valence-electron chi connectivity index (χ0n) is 13.6. The Labute approximate surface area is 129 Å². The third-order valence-corrected chi connectivity index (χ3v) is 4.48. The molecule has 0 amide bonds. The summed E-state index contributed by atoms with van der Waals surface area (Å²) < 4.78 is 5.44. The Morgan fingerprint density at radius 3 is 2.48 bits per heavy atom. The van der Waals surface area contributed by atoms with E-state index in [0.717, 1.165) is 19.8 Å². The van der Waals surface area contributed by atoms with E-state index in [1.165, 1.54) is 44.6 Å². The van der Waals surface area contributed by atoms with E-state index in [-0.39, 0.29) is 0 Å². The van der Waals surface area contributed by atoms with E-state index in [1.54, 1.807) is 0 Å². The Hall–Kier alpha value is -0.900. The van der Waals surface area contributed by atoms with Gasteiger partial charge in [0, 0.05) is 45.4 Å². The van der Waals surface area contributed by atoms with Crippen LogP contribution in [0.3, 0.4) is 0 Å². The maximum atomic E-state index is 5.44. The second-order valence-corrected chi connectivity index (χ2v) is 5.95. The highest BCUT2D eigenvalue weighted by molar-refractivity contribution is 5.14. The Balaban J connectivity index is 1.64. The molecular formula is C18H30N2O. The molecule has 3 heteroatoms. The van der Waals surface area contributed by atoms with Gasteiger partial charge in [-0.3, -0.25) is 9.80 Å². The maximum Gasteiger partial charge on any atom is 0.0593 e. The molecule has 1 aliphatic heterocycles. The molecule has 0 unspecified atom stereocenters. The molecule has 1 atom stereocenters. The Morgan fingerprint density at radius 2 is 1.81 bits per heavy atom. The van der Waals surface area contributed by atoms with Gasteiger partial charge in [0.05, 0.1) is 6.61 Å². The molecular weight excluding hydrogens is 260 g/mol. The van der Waals surface area contributed by atoms with E-state index >= 15 is 0 Å². The van der Waals surface area contributed by atoms with Crippen molar-refractivity contribution in [1.82, 2.24) is 9.80 Å². The summed E-state index contributed by atoms with van der Waals surface area (Å²) in [6.07, 6.45) is 2.44. The van der Waals surface area contributed by atoms with Crippen LogP contribution in [-0.4, -0.2) is 61.8 Å². The largest absolute Gasteiger partial charge is 0.380 e. The normalized spacial score (nSPS) is 18.8. The number of aryl methyl sites for hydroxylation is 1. The van der Waals surface area contributed by atoms with E-state index < -0.39 is 0 Å². The van der Waals surface area contributed by atoms with Gasteiger partial charge in [-0.25, -0.2) is 0 Å². The van der Waals surface area contributed by atoms with Crippen molar-refractivity contribution in [3.05, 3.63) is 35.9 Å². The van der Waals surface area contributed by atoms with Crippen LogP contribution >= 0.6 is 0 Å². The molecule has 1 heterocycles. The highest BCUT2D eigenvalue weighted by Crippen LogP contribution is 2.12. The lowest BCUT2D eigenvalue weighted by atomic mass is 10.0. The summed E-state index contributed by atoms with van der Waals surface area (Å²) in [5, 5.41) is 0. The third-order valence-electron chi connectivity index (χ3n) is 4.48. The molecule has 1 aliphatic rings. The Morgan fingerprint density at radius 1 is 1.10 bits per heavy atom. The Kier molecular flexibility index (Phi) is 7.20. The minimum Gasteiger partial charge on any atom is -0.380 e. The molecule has 1 fully saturated rings. The van der Waals surface area contributed by atoms with Crippen molar-refractivity contribution >= 4 is 0 Å². The zero-order chi connectivity index (χ0) is 14.9.